The van der Waals surface area contributed by atoms with Crippen molar-refractivity contribution in [2.45, 2.75) is 50.7 Å². The molecule has 2 heterocycles. The van der Waals surface area contributed by atoms with E-state index in [1.54, 1.807) is 0 Å². The summed E-state index contributed by atoms with van der Waals surface area (Å²) in [7, 11) is 0. The van der Waals surface area contributed by atoms with E-state index < -0.39 is 33.9 Å². The van der Waals surface area contributed by atoms with Gasteiger partial charge in [-0.3, -0.25) is 14.9 Å². The van der Waals surface area contributed by atoms with Gasteiger partial charge in [-0.25, -0.2) is 4.98 Å². The third-order valence-electron chi connectivity index (χ3n) is 4.96. The molecule has 168 valence electrons. The molecule has 0 bridgehead atoms. The molecule has 12 heteroatoms. The number of non-ortho nitro benzene ring substituents is 1. The van der Waals surface area contributed by atoms with Gasteiger partial charge in [0.15, 0.2) is 5.16 Å². The number of carbonyl (C=O) groups is 1. The number of ether oxygens (including phenoxy) is 1. The van der Waals surface area contributed by atoms with Crippen molar-refractivity contribution in [3.63, 3.8) is 0 Å². The van der Waals surface area contributed by atoms with E-state index in [0.29, 0.717) is 24.4 Å². The number of carbonyl (C=O) groups excluding carboxylic acids is 1. The predicted octanol–water partition coefficient (Wildman–Crippen LogP) is 4.34. The number of thioether (sulfide) groups is 1. The number of nitrogens with one attached hydrogen (secondary N) is 1. The largest absolute Gasteiger partial charge is 0.418 e. The maximum absolute atomic E-state index is 13.3. The number of nitro groups is 1. The molecule has 1 atom stereocenters. The molecule has 0 aliphatic carbocycles. The summed E-state index contributed by atoms with van der Waals surface area (Å²) in [6.45, 7) is 5.06. The first-order valence-electron chi connectivity index (χ1n) is 9.50. The Kier molecular flexibility index (Phi) is 6.90. The zero-order chi connectivity index (χ0) is 22.8. The van der Waals surface area contributed by atoms with Crippen LogP contribution in [0.2, 0.25) is 0 Å². The zero-order valence-electron chi connectivity index (χ0n) is 16.9. The van der Waals surface area contributed by atoms with Gasteiger partial charge in [0, 0.05) is 24.4 Å². The number of benzene rings is 1. The molecule has 0 saturated carbocycles. The molecule has 3 rings (SSSR count). The summed E-state index contributed by atoms with van der Waals surface area (Å²) >= 11 is 1.11. The number of halogens is 3. The molecule has 1 N–H and O–H groups in total. The van der Waals surface area contributed by atoms with Gasteiger partial charge >= 0.3 is 6.18 Å². The number of rotatable bonds is 7. The number of nitrogens with zero attached hydrogens (tertiary/aromatic N) is 3. The van der Waals surface area contributed by atoms with Crippen LogP contribution in [0.25, 0.3) is 0 Å². The third kappa shape index (κ3) is 5.56. The summed E-state index contributed by atoms with van der Waals surface area (Å²) in [6.07, 6.45) is -2.87. The lowest BCUT2D eigenvalue weighted by Crippen LogP contribution is -2.19. The number of alkyl halides is 3. The van der Waals surface area contributed by atoms with E-state index in [-0.39, 0.29) is 11.9 Å². The maximum Gasteiger partial charge on any atom is 0.418 e. The Bertz CT molecular complexity index is 987. The first-order chi connectivity index (χ1) is 14.6. The van der Waals surface area contributed by atoms with Crippen LogP contribution in [0.3, 0.4) is 0 Å². The van der Waals surface area contributed by atoms with Crippen LogP contribution in [0.4, 0.5) is 24.5 Å². The zero-order valence-corrected chi connectivity index (χ0v) is 17.7. The Labute approximate surface area is 180 Å². The van der Waals surface area contributed by atoms with Crippen molar-refractivity contribution in [3.05, 3.63) is 45.3 Å². The van der Waals surface area contributed by atoms with Crippen molar-refractivity contribution in [1.29, 1.82) is 0 Å². The average Bonchev–Trinajstić information content (AvgIpc) is 3.29. The molecular weight excluding hydrogens is 437 g/mol. The van der Waals surface area contributed by atoms with E-state index in [4.69, 9.17) is 4.74 Å². The second-order valence-electron chi connectivity index (χ2n) is 7.13. The summed E-state index contributed by atoms with van der Waals surface area (Å²) in [4.78, 5) is 26.7. The highest BCUT2D eigenvalue weighted by Crippen LogP contribution is 2.37. The third-order valence-corrected chi connectivity index (χ3v) is 5.94. The van der Waals surface area contributed by atoms with Gasteiger partial charge in [-0.1, -0.05) is 11.8 Å². The fourth-order valence-electron chi connectivity index (χ4n) is 3.25. The van der Waals surface area contributed by atoms with Gasteiger partial charge in [0.05, 0.1) is 40.3 Å². The van der Waals surface area contributed by atoms with Gasteiger partial charge in [-0.05, 0) is 32.8 Å². The molecule has 1 aliphatic heterocycles. The molecule has 1 saturated heterocycles. The van der Waals surface area contributed by atoms with Crippen LogP contribution in [-0.2, 0) is 22.3 Å². The predicted molar refractivity (Wildman–Crippen MR) is 108 cm³/mol. The van der Waals surface area contributed by atoms with E-state index in [2.05, 4.69) is 10.3 Å². The van der Waals surface area contributed by atoms with E-state index in [1.165, 1.54) is 0 Å². The maximum atomic E-state index is 13.3. The van der Waals surface area contributed by atoms with E-state index in [1.807, 2.05) is 18.4 Å². The minimum absolute atomic E-state index is 0.0647. The Morgan fingerprint density at radius 3 is 2.77 bits per heavy atom. The highest BCUT2D eigenvalue weighted by Gasteiger charge is 2.35. The van der Waals surface area contributed by atoms with Crippen LogP contribution in [0.15, 0.2) is 23.4 Å². The molecule has 1 amide bonds. The molecule has 1 aromatic heterocycles. The van der Waals surface area contributed by atoms with Crippen LogP contribution in [0, 0.1) is 24.0 Å². The Morgan fingerprint density at radius 2 is 2.16 bits per heavy atom. The molecule has 2 aromatic rings. The molecule has 0 unspecified atom stereocenters. The monoisotopic (exact) mass is 458 g/mol. The highest BCUT2D eigenvalue weighted by molar-refractivity contribution is 7.99. The molecular formula is C19H21F3N4O4S. The Hall–Kier alpha value is -2.60. The number of imidazole rings is 1. The highest BCUT2D eigenvalue weighted by atomic mass is 32.2. The summed E-state index contributed by atoms with van der Waals surface area (Å²) in [5, 5.41) is 13.6. The molecule has 31 heavy (non-hydrogen) atoms. The average molecular weight is 458 g/mol. The lowest BCUT2D eigenvalue weighted by Gasteiger charge is -2.15. The van der Waals surface area contributed by atoms with Crippen molar-refractivity contribution < 1.29 is 27.6 Å². The van der Waals surface area contributed by atoms with E-state index in [9.17, 15) is 28.1 Å². The summed E-state index contributed by atoms with van der Waals surface area (Å²) in [5.74, 6) is -0.846. The fourth-order valence-corrected chi connectivity index (χ4v) is 4.15. The number of hydrogen-bond acceptors (Lipinski definition) is 6. The Balaban J connectivity index is 1.71. The van der Waals surface area contributed by atoms with Gasteiger partial charge in [-0.15, -0.1) is 0 Å². The van der Waals surface area contributed by atoms with Crippen LogP contribution in [0.5, 0.6) is 0 Å². The molecule has 1 aromatic carbocycles. The summed E-state index contributed by atoms with van der Waals surface area (Å²) < 4.78 is 47.5. The van der Waals surface area contributed by atoms with Crippen LogP contribution >= 0.6 is 11.8 Å². The van der Waals surface area contributed by atoms with Gasteiger partial charge in [0.1, 0.15) is 0 Å². The normalized spacial score (nSPS) is 16.5. The SMILES string of the molecule is Cc1nc(SCC(=O)Nc2ccc([N+](=O)[O-])cc2C(F)(F)F)n(C[C@H]2CCCO2)c1C. The van der Waals surface area contributed by atoms with Crippen molar-refractivity contribution in [2.75, 3.05) is 17.7 Å². The number of anilines is 1. The van der Waals surface area contributed by atoms with Crippen molar-refractivity contribution >= 4 is 29.0 Å². The lowest BCUT2D eigenvalue weighted by molar-refractivity contribution is -0.385. The molecule has 0 spiro atoms. The number of aromatic nitrogens is 2. The van der Waals surface area contributed by atoms with E-state index >= 15 is 0 Å². The second-order valence-corrected chi connectivity index (χ2v) is 8.07. The first-order valence-corrected chi connectivity index (χ1v) is 10.5. The minimum Gasteiger partial charge on any atom is -0.376 e. The molecule has 1 aliphatic rings. The fraction of sp³-hybridized carbons (Fsp3) is 0.474. The van der Waals surface area contributed by atoms with Gasteiger partial charge in [-0.2, -0.15) is 13.2 Å². The van der Waals surface area contributed by atoms with Gasteiger partial charge in [0.25, 0.3) is 5.69 Å². The van der Waals surface area contributed by atoms with Gasteiger partial charge in [0.2, 0.25) is 5.91 Å². The molecule has 1 fully saturated rings. The van der Waals surface area contributed by atoms with Crippen molar-refractivity contribution in [3.8, 4) is 0 Å². The number of nitro benzene ring substituents is 1. The number of amides is 1. The standard InChI is InChI=1S/C19H21F3N4O4S/c1-11-12(2)25(9-14-4-3-7-30-14)18(23-11)31-10-17(27)24-16-6-5-13(26(28)29)8-15(16)19(20,21)22/h5-6,8,14H,3-4,7,9-10H2,1-2H3,(H,24,27)/t14-/m1/s1. The van der Waals surface area contributed by atoms with Crippen LogP contribution < -0.4 is 5.32 Å². The van der Waals surface area contributed by atoms with Crippen LogP contribution in [-0.4, -0.2) is 38.8 Å². The summed E-state index contributed by atoms with van der Waals surface area (Å²) in [6, 6.07) is 2.21. The Morgan fingerprint density at radius 1 is 1.42 bits per heavy atom. The first kappa shape index (κ1) is 23.1. The number of hydrogen-bond donors (Lipinski definition) is 1. The topological polar surface area (TPSA) is 99.3 Å². The minimum atomic E-state index is -4.85. The van der Waals surface area contributed by atoms with Crippen molar-refractivity contribution in [2.24, 2.45) is 0 Å². The van der Waals surface area contributed by atoms with Crippen molar-refractivity contribution in [1.82, 2.24) is 9.55 Å². The molecule has 0 radical (unpaired) electrons. The van der Waals surface area contributed by atoms with E-state index in [0.717, 1.165) is 48.1 Å². The van der Waals surface area contributed by atoms with Crippen LogP contribution in [0.1, 0.15) is 29.8 Å². The smallest absolute Gasteiger partial charge is 0.376 e. The second kappa shape index (κ2) is 9.27. The quantitative estimate of drug-likeness (QED) is 0.377. The molecule has 8 nitrogen and oxygen atoms in total. The number of aryl methyl sites for hydroxylation is 1. The summed E-state index contributed by atoms with van der Waals surface area (Å²) in [5.41, 5.74) is -0.768. The van der Waals surface area contributed by atoms with Gasteiger partial charge < -0.3 is 14.6 Å². The lowest BCUT2D eigenvalue weighted by atomic mass is 10.1.